The van der Waals surface area contributed by atoms with E-state index in [2.05, 4.69) is 15.3 Å². The van der Waals surface area contributed by atoms with Crippen LogP contribution < -0.4 is 5.32 Å². The fourth-order valence-electron chi connectivity index (χ4n) is 1.95. The smallest absolute Gasteiger partial charge is 0.253 e. The minimum atomic E-state index is -0.136. The molecule has 0 unspecified atom stereocenters. The van der Waals surface area contributed by atoms with E-state index in [1.54, 1.807) is 41.6 Å². The van der Waals surface area contributed by atoms with Crippen molar-refractivity contribution in [1.82, 2.24) is 19.9 Å². The molecule has 0 bridgehead atoms. The third-order valence-corrected chi connectivity index (χ3v) is 3.07. The van der Waals surface area contributed by atoms with Crippen LogP contribution in [-0.4, -0.2) is 20.4 Å². The highest BCUT2D eigenvalue weighted by Crippen LogP contribution is 2.06. The van der Waals surface area contributed by atoms with Crippen molar-refractivity contribution in [2.24, 2.45) is 0 Å². The van der Waals surface area contributed by atoms with Gasteiger partial charge in [0.1, 0.15) is 12.1 Å². The minimum absolute atomic E-state index is 0.136. The van der Waals surface area contributed by atoms with Crippen molar-refractivity contribution in [3.05, 3.63) is 78.5 Å². The van der Waals surface area contributed by atoms with Crippen molar-refractivity contribution in [1.29, 1.82) is 0 Å². The highest BCUT2D eigenvalue weighted by atomic mass is 16.1. The number of benzene rings is 1. The summed E-state index contributed by atoms with van der Waals surface area (Å²) in [5, 5.41) is 2.87. The highest BCUT2D eigenvalue weighted by molar-refractivity contribution is 5.93. The molecular weight excluding hydrogens is 264 g/mol. The first-order valence-corrected chi connectivity index (χ1v) is 6.59. The molecule has 21 heavy (non-hydrogen) atoms. The Bertz CT molecular complexity index is 706. The first-order valence-electron chi connectivity index (χ1n) is 6.59. The maximum Gasteiger partial charge on any atom is 0.253 e. The van der Waals surface area contributed by atoms with E-state index in [9.17, 15) is 4.79 Å². The van der Waals surface area contributed by atoms with Crippen LogP contribution in [0.25, 0.3) is 5.82 Å². The van der Waals surface area contributed by atoms with Gasteiger partial charge in [-0.05, 0) is 17.7 Å². The molecule has 0 fully saturated rings. The Hall–Kier alpha value is -2.95. The molecule has 0 saturated heterocycles. The SMILES string of the molecule is O=C(NCc1ccccc1)c1ccc(-n2ccnc2)nc1. The Morgan fingerprint density at radius 2 is 2.00 bits per heavy atom. The molecule has 0 aliphatic rings. The lowest BCUT2D eigenvalue weighted by molar-refractivity contribution is 0.0950. The summed E-state index contributed by atoms with van der Waals surface area (Å²) >= 11 is 0. The fraction of sp³-hybridized carbons (Fsp3) is 0.0625. The van der Waals surface area contributed by atoms with Crippen molar-refractivity contribution in [3.63, 3.8) is 0 Å². The Kier molecular flexibility index (Phi) is 3.73. The second-order valence-corrected chi connectivity index (χ2v) is 4.54. The first-order chi connectivity index (χ1) is 10.3. The number of carbonyl (C=O) groups excluding carboxylic acids is 1. The van der Waals surface area contributed by atoms with E-state index in [0.717, 1.165) is 11.4 Å². The van der Waals surface area contributed by atoms with Crippen LogP contribution in [0, 0.1) is 0 Å². The quantitative estimate of drug-likeness (QED) is 0.796. The van der Waals surface area contributed by atoms with Gasteiger partial charge in [0.05, 0.1) is 5.56 Å². The van der Waals surface area contributed by atoms with Gasteiger partial charge in [-0.3, -0.25) is 9.36 Å². The molecule has 0 radical (unpaired) electrons. The molecule has 0 spiro atoms. The predicted octanol–water partition coefficient (Wildman–Crippen LogP) is 2.20. The fourth-order valence-corrected chi connectivity index (χ4v) is 1.95. The average molecular weight is 278 g/mol. The topological polar surface area (TPSA) is 59.8 Å². The molecule has 3 aromatic rings. The molecule has 2 aromatic heterocycles. The Balaban J connectivity index is 1.65. The zero-order valence-corrected chi connectivity index (χ0v) is 11.3. The number of amides is 1. The predicted molar refractivity (Wildman–Crippen MR) is 79.0 cm³/mol. The number of nitrogens with zero attached hydrogens (tertiary/aromatic N) is 3. The summed E-state index contributed by atoms with van der Waals surface area (Å²) in [6, 6.07) is 13.3. The second kappa shape index (κ2) is 6.00. The summed E-state index contributed by atoms with van der Waals surface area (Å²) < 4.78 is 1.78. The van der Waals surface area contributed by atoms with Crippen LogP contribution in [0.1, 0.15) is 15.9 Å². The van der Waals surface area contributed by atoms with Crippen molar-refractivity contribution in [3.8, 4) is 5.82 Å². The molecule has 0 aliphatic carbocycles. The van der Waals surface area contributed by atoms with Crippen LogP contribution >= 0.6 is 0 Å². The van der Waals surface area contributed by atoms with E-state index in [0.29, 0.717) is 12.1 Å². The van der Waals surface area contributed by atoms with Crippen LogP contribution in [0.2, 0.25) is 0 Å². The molecule has 1 N–H and O–H groups in total. The van der Waals surface area contributed by atoms with Gasteiger partial charge < -0.3 is 5.32 Å². The molecule has 0 saturated carbocycles. The van der Waals surface area contributed by atoms with Crippen LogP contribution in [0.3, 0.4) is 0 Å². The standard InChI is InChI=1S/C16H14N4O/c21-16(19-10-13-4-2-1-3-5-13)14-6-7-15(18-11-14)20-9-8-17-12-20/h1-9,11-12H,10H2,(H,19,21). The number of aromatic nitrogens is 3. The van der Waals surface area contributed by atoms with Gasteiger partial charge >= 0.3 is 0 Å². The zero-order valence-electron chi connectivity index (χ0n) is 11.3. The van der Waals surface area contributed by atoms with E-state index in [1.165, 1.54) is 0 Å². The largest absolute Gasteiger partial charge is 0.348 e. The third kappa shape index (κ3) is 3.14. The van der Waals surface area contributed by atoms with E-state index >= 15 is 0 Å². The Labute approximate surface area is 122 Å². The third-order valence-electron chi connectivity index (χ3n) is 3.07. The van der Waals surface area contributed by atoms with E-state index in [-0.39, 0.29) is 5.91 Å². The lowest BCUT2D eigenvalue weighted by Gasteiger charge is -2.06. The lowest BCUT2D eigenvalue weighted by atomic mass is 10.2. The molecule has 104 valence electrons. The summed E-state index contributed by atoms with van der Waals surface area (Å²) in [5.41, 5.74) is 1.60. The molecule has 0 aliphatic heterocycles. The minimum Gasteiger partial charge on any atom is -0.348 e. The number of pyridine rings is 1. The summed E-state index contributed by atoms with van der Waals surface area (Å²) in [6.07, 6.45) is 6.72. The van der Waals surface area contributed by atoms with Gasteiger partial charge in [0.2, 0.25) is 0 Å². The molecule has 2 heterocycles. The van der Waals surface area contributed by atoms with Crippen LogP contribution in [0.5, 0.6) is 0 Å². The molecule has 5 heteroatoms. The Morgan fingerprint density at radius 1 is 1.14 bits per heavy atom. The van der Waals surface area contributed by atoms with Crippen molar-refractivity contribution in [2.75, 3.05) is 0 Å². The van der Waals surface area contributed by atoms with E-state index < -0.39 is 0 Å². The summed E-state index contributed by atoms with van der Waals surface area (Å²) in [7, 11) is 0. The van der Waals surface area contributed by atoms with Gasteiger partial charge in [-0.2, -0.15) is 0 Å². The van der Waals surface area contributed by atoms with Gasteiger partial charge in [-0.15, -0.1) is 0 Å². The van der Waals surface area contributed by atoms with Crippen LogP contribution in [-0.2, 0) is 6.54 Å². The summed E-state index contributed by atoms with van der Waals surface area (Å²) in [5.74, 6) is 0.593. The Morgan fingerprint density at radius 3 is 2.67 bits per heavy atom. The van der Waals surface area contributed by atoms with Crippen molar-refractivity contribution < 1.29 is 4.79 Å². The lowest BCUT2D eigenvalue weighted by Crippen LogP contribution is -2.22. The number of carbonyl (C=O) groups is 1. The maximum atomic E-state index is 12.0. The molecule has 1 aromatic carbocycles. The normalized spacial score (nSPS) is 10.3. The molecule has 1 amide bonds. The van der Waals surface area contributed by atoms with E-state index in [1.807, 2.05) is 30.3 Å². The molecule has 0 atom stereocenters. The van der Waals surface area contributed by atoms with Crippen LogP contribution in [0.15, 0.2) is 67.4 Å². The number of nitrogens with one attached hydrogen (secondary N) is 1. The van der Waals surface area contributed by atoms with Gasteiger partial charge in [0, 0.05) is 25.1 Å². The first kappa shape index (κ1) is 13.1. The highest BCUT2D eigenvalue weighted by Gasteiger charge is 2.06. The maximum absolute atomic E-state index is 12.0. The summed E-state index contributed by atoms with van der Waals surface area (Å²) in [4.78, 5) is 20.3. The van der Waals surface area contributed by atoms with Crippen LogP contribution in [0.4, 0.5) is 0 Å². The monoisotopic (exact) mass is 278 g/mol. The number of imidazole rings is 1. The molecule has 5 nitrogen and oxygen atoms in total. The van der Waals surface area contributed by atoms with Crippen molar-refractivity contribution in [2.45, 2.75) is 6.54 Å². The van der Waals surface area contributed by atoms with E-state index in [4.69, 9.17) is 0 Å². The molecular formula is C16H14N4O. The van der Waals surface area contributed by atoms with Gasteiger partial charge in [-0.25, -0.2) is 9.97 Å². The van der Waals surface area contributed by atoms with Gasteiger partial charge in [0.15, 0.2) is 0 Å². The molecule has 3 rings (SSSR count). The summed E-state index contributed by atoms with van der Waals surface area (Å²) in [6.45, 7) is 0.503. The van der Waals surface area contributed by atoms with Gasteiger partial charge in [0.25, 0.3) is 5.91 Å². The number of hydrogen-bond donors (Lipinski definition) is 1. The number of rotatable bonds is 4. The average Bonchev–Trinajstić information content (AvgIpc) is 3.08. The van der Waals surface area contributed by atoms with Crippen molar-refractivity contribution >= 4 is 5.91 Å². The number of hydrogen-bond acceptors (Lipinski definition) is 3. The van der Waals surface area contributed by atoms with Gasteiger partial charge in [-0.1, -0.05) is 30.3 Å². The zero-order chi connectivity index (χ0) is 14.5. The second-order valence-electron chi connectivity index (χ2n) is 4.54.